The number of nitrogens with zero attached hydrogens (tertiary/aromatic N) is 2. The molecule has 0 bridgehead atoms. The molecule has 0 aromatic heterocycles. The van der Waals surface area contributed by atoms with E-state index in [1.807, 2.05) is 23.1 Å². The van der Waals surface area contributed by atoms with Crippen LogP contribution in [0.25, 0.3) is 0 Å². The van der Waals surface area contributed by atoms with Gasteiger partial charge < -0.3 is 9.47 Å². The molecule has 1 heterocycles. The van der Waals surface area contributed by atoms with Gasteiger partial charge >= 0.3 is 0 Å². The third kappa shape index (κ3) is 6.17. The van der Waals surface area contributed by atoms with Crippen molar-refractivity contribution in [2.45, 2.75) is 0 Å². The van der Waals surface area contributed by atoms with Crippen molar-refractivity contribution >= 4 is 34.7 Å². The van der Waals surface area contributed by atoms with Gasteiger partial charge in [-0.25, -0.2) is 5.43 Å². The maximum Gasteiger partial charge on any atom is 0.254 e. The lowest BCUT2D eigenvalue weighted by atomic mass is 10.2. The molecule has 0 saturated carbocycles. The van der Waals surface area contributed by atoms with E-state index in [9.17, 15) is 4.79 Å². The number of hydrogen-bond acceptors (Lipinski definition) is 5. The van der Waals surface area contributed by atoms with Crippen molar-refractivity contribution in [3.8, 4) is 18.1 Å². The van der Waals surface area contributed by atoms with Crippen LogP contribution in [0.3, 0.4) is 0 Å². The standard InChI is InChI=1S/C16H18IN3O3/c1-2-7-23-15-4-3-13(10-14(15)17)11-18-19-16(21)12-20-5-8-22-9-6-20/h1,3-4,10-11H,5-9,12H2,(H,19,21)/b18-11+. The number of terminal acetylenes is 1. The van der Waals surface area contributed by atoms with Gasteiger partial charge in [0.05, 0.1) is 29.5 Å². The lowest BCUT2D eigenvalue weighted by Gasteiger charge is -2.25. The second-order valence-corrected chi connectivity index (χ2v) is 6.03. The first-order valence-corrected chi connectivity index (χ1v) is 8.24. The van der Waals surface area contributed by atoms with Gasteiger partial charge in [-0.1, -0.05) is 5.92 Å². The molecule has 1 N–H and O–H groups in total. The predicted molar refractivity (Wildman–Crippen MR) is 96.5 cm³/mol. The summed E-state index contributed by atoms with van der Waals surface area (Å²) in [4.78, 5) is 13.8. The van der Waals surface area contributed by atoms with Gasteiger partial charge in [-0.2, -0.15) is 5.10 Å². The number of carbonyl (C=O) groups excluding carboxylic acids is 1. The summed E-state index contributed by atoms with van der Waals surface area (Å²) in [6, 6.07) is 5.59. The first-order valence-electron chi connectivity index (χ1n) is 7.17. The highest BCUT2D eigenvalue weighted by Gasteiger charge is 2.13. The Kier molecular flexibility index (Phi) is 7.32. The number of benzene rings is 1. The van der Waals surface area contributed by atoms with Gasteiger partial charge in [0.25, 0.3) is 5.91 Å². The van der Waals surface area contributed by atoms with Crippen molar-refractivity contribution in [3.63, 3.8) is 0 Å². The van der Waals surface area contributed by atoms with Gasteiger partial charge in [0.2, 0.25) is 0 Å². The number of hydrogen-bond donors (Lipinski definition) is 1. The van der Waals surface area contributed by atoms with E-state index < -0.39 is 0 Å². The van der Waals surface area contributed by atoms with E-state index in [1.165, 1.54) is 0 Å². The van der Waals surface area contributed by atoms with E-state index in [1.54, 1.807) is 6.21 Å². The minimum absolute atomic E-state index is 0.133. The van der Waals surface area contributed by atoms with Gasteiger partial charge in [0.1, 0.15) is 12.4 Å². The Bertz CT molecular complexity index is 607. The topological polar surface area (TPSA) is 63.2 Å². The molecule has 2 rings (SSSR count). The molecule has 1 aliphatic rings. The van der Waals surface area contributed by atoms with Gasteiger partial charge in [-0.3, -0.25) is 9.69 Å². The highest BCUT2D eigenvalue weighted by atomic mass is 127. The van der Waals surface area contributed by atoms with Gasteiger partial charge in [0.15, 0.2) is 0 Å². The summed E-state index contributed by atoms with van der Waals surface area (Å²) >= 11 is 2.17. The van der Waals surface area contributed by atoms with Gasteiger partial charge in [0, 0.05) is 13.1 Å². The van der Waals surface area contributed by atoms with Crippen LogP contribution >= 0.6 is 22.6 Å². The maximum absolute atomic E-state index is 11.8. The van der Waals surface area contributed by atoms with Crippen LogP contribution in [0.1, 0.15) is 5.56 Å². The number of carbonyl (C=O) groups is 1. The van der Waals surface area contributed by atoms with Crippen LogP contribution in [-0.4, -0.2) is 56.5 Å². The van der Waals surface area contributed by atoms with Crippen molar-refractivity contribution in [3.05, 3.63) is 27.3 Å². The van der Waals surface area contributed by atoms with E-state index in [0.29, 0.717) is 19.8 Å². The first kappa shape index (κ1) is 17.7. The van der Waals surface area contributed by atoms with Crippen LogP contribution in [0.2, 0.25) is 0 Å². The predicted octanol–water partition coefficient (Wildman–Crippen LogP) is 1.09. The second-order valence-electron chi connectivity index (χ2n) is 4.86. The number of ether oxygens (including phenoxy) is 2. The van der Waals surface area contributed by atoms with Crippen LogP contribution in [0.5, 0.6) is 5.75 Å². The average molecular weight is 427 g/mol. The van der Waals surface area contributed by atoms with Crippen molar-refractivity contribution in [1.82, 2.24) is 10.3 Å². The SMILES string of the molecule is C#CCOc1ccc(/C=N/NC(=O)CN2CCOCC2)cc1I. The molecule has 23 heavy (non-hydrogen) atoms. The summed E-state index contributed by atoms with van der Waals surface area (Å²) < 4.78 is 11.6. The molecule has 7 heteroatoms. The highest BCUT2D eigenvalue weighted by Crippen LogP contribution is 2.21. The molecule has 0 spiro atoms. The molecular formula is C16H18IN3O3. The zero-order valence-electron chi connectivity index (χ0n) is 12.6. The monoisotopic (exact) mass is 427 g/mol. The molecular weight excluding hydrogens is 409 g/mol. The number of nitrogens with one attached hydrogen (secondary N) is 1. The molecule has 0 radical (unpaired) electrons. The molecule has 0 atom stereocenters. The minimum Gasteiger partial charge on any atom is -0.480 e. The smallest absolute Gasteiger partial charge is 0.254 e. The summed E-state index contributed by atoms with van der Waals surface area (Å²) in [7, 11) is 0. The minimum atomic E-state index is -0.133. The molecule has 1 saturated heterocycles. The molecule has 1 amide bonds. The summed E-state index contributed by atoms with van der Waals surface area (Å²) in [5, 5.41) is 3.98. The molecule has 0 unspecified atom stereocenters. The largest absolute Gasteiger partial charge is 0.480 e. The molecule has 1 aromatic rings. The Labute approximate surface area is 149 Å². The van der Waals surface area contributed by atoms with E-state index in [4.69, 9.17) is 15.9 Å². The maximum atomic E-state index is 11.8. The lowest BCUT2D eigenvalue weighted by molar-refractivity contribution is -0.123. The van der Waals surface area contributed by atoms with Crippen molar-refractivity contribution < 1.29 is 14.3 Å². The molecule has 1 aliphatic heterocycles. The number of hydrazone groups is 1. The Morgan fingerprint density at radius 2 is 2.30 bits per heavy atom. The average Bonchev–Trinajstić information content (AvgIpc) is 2.55. The summed E-state index contributed by atoms with van der Waals surface area (Å²) in [6.45, 7) is 3.45. The highest BCUT2D eigenvalue weighted by molar-refractivity contribution is 14.1. The summed E-state index contributed by atoms with van der Waals surface area (Å²) in [5.41, 5.74) is 3.40. The fourth-order valence-electron chi connectivity index (χ4n) is 2.01. The third-order valence-electron chi connectivity index (χ3n) is 3.14. The fourth-order valence-corrected chi connectivity index (χ4v) is 2.71. The van der Waals surface area contributed by atoms with Gasteiger partial charge in [-0.15, -0.1) is 6.42 Å². The van der Waals surface area contributed by atoms with Gasteiger partial charge in [-0.05, 0) is 46.4 Å². The zero-order chi connectivity index (χ0) is 16.5. The normalized spacial score (nSPS) is 15.3. The quantitative estimate of drug-likeness (QED) is 0.320. The zero-order valence-corrected chi connectivity index (χ0v) is 14.8. The van der Waals surface area contributed by atoms with Crippen molar-refractivity contribution in [1.29, 1.82) is 0 Å². The van der Waals surface area contributed by atoms with Crippen molar-refractivity contribution in [2.24, 2.45) is 5.10 Å². The Balaban J connectivity index is 1.81. The van der Waals surface area contributed by atoms with Crippen LogP contribution in [0.4, 0.5) is 0 Å². The molecule has 1 aromatic carbocycles. The van der Waals surface area contributed by atoms with Crippen LogP contribution < -0.4 is 10.2 Å². The first-order chi connectivity index (χ1) is 11.2. The molecule has 1 fully saturated rings. The number of rotatable bonds is 6. The number of amides is 1. The van der Waals surface area contributed by atoms with Crippen molar-refractivity contribution in [2.75, 3.05) is 39.5 Å². The third-order valence-corrected chi connectivity index (χ3v) is 3.98. The Morgan fingerprint density at radius 3 is 3.00 bits per heavy atom. The second kappa shape index (κ2) is 9.50. The molecule has 0 aliphatic carbocycles. The van der Waals surface area contributed by atoms with Crippen LogP contribution in [0, 0.1) is 15.9 Å². The fraction of sp³-hybridized carbons (Fsp3) is 0.375. The Hall–Kier alpha value is -1.63. The lowest BCUT2D eigenvalue weighted by Crippen LogP contribution is -2.42. The van der Waals surface area contributed by atoms with E-state index in [0.717, 1.165) is 28.0 Å². The molecule has 6 nitrogen and oxygen atoms in total. The summed E-state index contributed by atoms with van der Waals surface area (Å²) in [6.07, 6.45) is 6.77. The van der Waals surface area contributed by atoms with Crippen LogP contribution in [0.15, 0.2) is 23.3 Å². The Morgan fingerprint density at radius 1 is 1.52 bits per heavy atom. The number of halogens is 1. The summed E-state index contributed by atoms with van der Waals surface area (Å²) in [5.74, 6) is 3.03. The van der Waals surface area contributed by atoms with E-state index in [-0.39, 0.29) is 12.5 Å². The van der Waals surface area contributed by atoms with Crippen LogP contribution in [-0.2, 0) is 9.53 Å². The molecule has 122 valence electrons. The van der Waals surface area contributed by atoms with E-state index >= 15 is 0 Å². The number of morpholine rings is 1. The van der Waals surface area contributed by atoms with E-state index in [2.05, 4.69) is 39.0 Å².